The van der Waals surface area contributed by atoms with Crippen LogP contribution in [0.5, 0.6) is 11.5 Å². The van der Waals surface area contributed by atoms with Crippen molar-refractivity contribution in [2.45, 2.75) is 38.6 Å². The van der Waals surface area contributed by atoms with Crippen LogP contribution in [0.2, 0.25) is 5.02 Å². The molecule has 228 valence electrons. The molecule has 1 atom stereocenters. The lowest BCUT2D eigenvalue weighted by Crippen LogP contribution is -2.39. The first kappa shape index (κ1) is 31.2. The average Bonchev–Trinajstić information content (AvgIpc) is 3.28. The van der Waals surface area contributed by atoms with E-state index in [0.717, 1.165) is 22.5 Å². The Morgan fingerprint density at radius 3 is 2.41 bits per heavy atom. The zero-order valence-electron chi connectivity index (χ0n) is 24.4. The first-order valence-corrected chi connectivity index (χ1v) is 16.4. The molecule has 0 fully saturated rings. The molecule has 44 heavy (non-hydrogen) atoms. The molecular formula is C32H29ClN2O7S2. The van der Waals surface area contributed by atoms with E-state index in [4.69, 9.17) is 25.3 Å². The Kier molecular flexibility index (Phi) is 9.10. The Morgan fingerprint density at radius 2 is 1.75 bits per heavy atom. The molecule has 1 aliphatic heterocycles. The third-order valence-corrected chi connectivity index (χ3v) is 9.26. The lowest BCUT2D eigenvalue weighted by molar-refractivity contribution is -0.139. The zero-order valence-corrected chi connectivity index (χ0v) is 26.8. The number of aromatic nitrogens is 1. The van der Waals surface area contributed by atoms with E-state index in [1.165, 1.54) is 22.8 Å². The molecule has 1 aliphatic rings. The van der Waals surface area contributed by atoms with Crippen LogP contribution >= 0.6 is 22.9 Å². The highest BCUT2D eigenvalue weighted by molar-refractivity contribution is 7.87. The number of fused-ring (bicyclic) bond motifs is 1. The quantitative estimate of drug-likeness (QED) is 0.186. The van der Waals surface area contributed by atoms with E-state index in [0.29, 0.717) is 20.6 Å². The molecule has 1 aromatic heterocycles. The van der Waals surface area contributed by atoms with Gasteiger partial charge in [0.25, 0.3) is 5.56 Å². The zero-order chi connectivity index (χ0) is 31.6. The van der Waals surface area contributed by atoms with Gasteiger partial charge >= 0.3 is 16.1 Å². The van der Waals surface area contributed by atoms with E-state index in [1.54, 1.807) is 45.0 Å². The maximum atomic E-state index is 13.9. The van der Waals surface area contributed by atoms with Crippen LogP contribution in [0.1, 0.15) is 43.5 Å². The summed E-state index contributed by atoms with van der Waals surface area (Å²) >= 11 is 7.71. The number of nitrogens with zero attached hydrogens (tertiary/aromatic N) is 2. The standard InChI is InChI=1S/C32H29ClN2O7S2/c1-5-40-25-17-21(16-24(33)29(25)42-44(38,39)23-14-12-19(3)13-15-23)18-26-30(36)35-28(22-10-8-7-9-11-22)27(31(37)41-6-2)20(4)34-32(35)43-26/h7-18,28H,5-6H2,1-4H3/b26-18-/t28-/m0/s1. The first-order chi connectivity index (χ1) is 21.0. The Labute approximate surface area is 263 Å². The molecule has 3 aromatic carbocycles. The Hall–Kier alpha value is -4.19. The Balaban J connectivity index is 1.61. The van der Waals surface area contributed by atoms with Gasteiger partial charge in [0.2, 0.25) is 5.75 Å². The fourth-order valence-corrected chi connectivity index (χ4v) is 7.08. The summed E-state index contributed by atoms with van der Waals surface area (Å²) in [5.41, 5.74) is 2.48. The topological polar surface area (TPSA) is 113 Å². The Morgan fingerprint density at radius 1 is 1.05 bits per heavy atom. The SMILES string of the molecule is CCOC(=O)C1=C(C)N=c2s/c(=C\c3cc(Cl)c(OS(=O)(=O)c4ccc(C)cc4)c(OCC)c3)c(=O)n2[C@H]1c1ccccc1. The molecule has 12 heteroatoms. The van der Waals surface area contributed by atoms with Gasteiger partial charge in [-0.3, -0.25) is 9.36 Å². The molecule has 0 radical (unpaired) electrons. The number of rotatable bonds is 9. The molecule has 4 aromatic rings. The summed E-state index contributed by atoms with van der Waals surface area (Å²) < 4.78 is 44.3. The van der Waals surface area contributed by atoms with Gasteiger partial charge in [-0.05, 0) is 69.2 Å². The predicted molar refractivity (Wildman–Crippen MR) is 168 cm³/mol. The lowest BCUT2D eigenvalue weighted by atomic mass is 9.96. The van der Waals surface area contributed by atoms with Gasteiger partial charge in [-0.25, -0.2) is 9.79 Å². The number of thiazole rings is 1. The summed E-state index contributed by atoms with van der Waals surface area (Å²) in [6.07, 6.45) is 1.61. The molecule has 0 bridgehead atoms. The number of hydrogen-bond donors (Lipinski definition) is 0. The molecule has 2 heterocycles. The van der Waals surface area contributed by atoms with E-state index in [-0.39, 0.29) is 45.8 Å². The first-order valence-electron chi connectivity index (χ1n) is 13.8. The summed E-state index contributed by atoms with van der Waals surface area (Å²) in [7, 11) is -4.21. The van der Waals surface area contributed by atoms with Crippen LogP contribution in [0, 0.1) is 6.92 Å². The molecule has 0 unspecified atom stereocenters. The Bertz CT molecular complexity index is 2050. The highest BCUT2D eigenvalue weighted by Crippen LogP contribution is 2.39. The van der Waals surface area contributed by atoms with E-state index in [1.807, 2.05) is 37.3 Å². The minimum atomic E-state index is -4.21. The lowest BCUT2D eigenvalue weighted by Gasteiger charge is -2.24. The van der Waals surface area contributed by atoms with Crippen molar-refractivity contribution in [3.8, 4) is 11.5 Å². The number of halogens is 1. The molecule has 9 nitrogen and oxygen atoms in total. The van der Waals surface area contributed by atoms with Crippen LogP contribution in [-0.2, 0) is 19.6 Å². The van der Waals surface area contributed by atoms with Gasteiger partial charge in [0.15, 0.2) is 10.6 Å². The molecule has 0 amide bonds. The second kappa shape index (κ2) is 12.8. The second-order valence-corrected chi connectivity index (χ2v) is 12.8. The molecular weight excluding hydrogens is 624 g/mol. The van der Waals surface area contributed by atoms with Crippen LogP contribution < -0.4 is 23.8 Å². The van der Waals surface area contributed by atoms with Gasteiger partial charge in [0.1, 0.15) is 4.90 Å². The fraction of sp³-hybridized carbons (Fsp3) is 0.219. The largest absolute Gasteiger partial charge is 0.490 e. The van der Waals surface area contributed by atoms with Gasteiger partial charge in [-0.2, -0.15) is 8.42 Å². The number of carbonyl (C=O) groups is 1. The number of aryl methyl sites for hydroxylation is 1. The monoisotopic (exact) mass is 652 g/mol. The third kappa shape index (κ3) is 6.21. The minimum absolute atomic E-state index is 0.0201. The third-order valence-electron chi connectivity index (χ3n) is 6.76. The molecule has 0 saturated heterocycles. The second-order valence-electron chi connectivity index (χ2n) is 9.83. The van der Waals surface area contributed by atoms with Crippen LogP contribution in [0.4, 0.5) is 0 Å². The summed E-state index contributed by atoms with van der Waals surface area (Å²) in [5, 5.41) is -0.0201. The maximum absolute atomic E-state index is 13.9. The van der Waals surface area contributed by atoms with Crippen molar-refractivity contribution in [3.63, 3.8) is 0 Å². The van der Waals surface area contributed by atoms with E-state index < -0.39 is 22.1 Å². The van der Waals surface area contributed by atoms with Crippen molar-refractivity contribution in [1.82, 2.24) is 4.57 Å². The molecule has 0 spiro atoms. The maximum Gasteiger partial charge on any atom is 0.339 e. The normalized spacial score (nSPS) is 15.0. The van der Waals surface area contributed by atoms with Crippen molar-refractivity contribution in [1.29, 1.82) is 0 Å². The highest BCUT2D eigenvalue weighted by Gasteiger charge is 2.33. The molecule has 0 N–H and O–H groups in total. The van der Waals surface area contributed by atoms with E-state index >= 15 is 0 Å². The van der Waals surface area contributed by atoms with Crippen molar-refractivity contribution in [2.75, 3.05) is 13.2 Å². The highest BCUT2D eigenvalue weighted by atomic mass is 35.5. The molecule has 0 saturated carbocycles. The molecule has 5 rings (SSSR count). The number of ether oxygens (including phenoxy) is 2. The fourth-order valence-electron chi connectivity index (χ4n) is 4.77. The molecule has 0 aliphatic carbocycles. The number of carbonyl (C=O) groups excluding carboxylic acids is 1. The van der Waals surface area contributed by atoms with Crippen LogP contribution in [0.15, 0.2) is 92.7 Å². The van der Waals surface area contributed by atoms with Crippen molar-refractivity contribution in [2.24, 2.45) is 4.99 Å². The van der Waals surface area contributed by atoms with Gasteiger partial charge in [-0.15, -0.1) is 0 Å². The summed E-state index contributed by atoms with van der Waals surface area (Å²) in [6, 6.07) is 17.8. The van der Waals surface area contributed by atoms with Gasteiger partial charge in [0.05, 0.1) is 40.1 Å². The smallest absolute Gasteiger partial charge is 0.339 e. The summed E-state index contributed by atoms with van der Waals surface area (Å²) in [5.74, 6) is -0.606. The summed E-state index contributed by atoms with van der Waals surface area (Å²) in [6.45, 7) is 7.41. The average molecular weight is 653 g/mol. The predicted octanol–water partition coefficient (Wildman–Crippen LogP) is 4.93. The van der Waals surface area contributed by atoms with Crippen molar-refractivity contribution < 1.29 is 26.9 Å². The van der Waals surface area contributed by atoms with E-state index in [2.05, 4.69) is 4.99 Å². The number of esters is 1. The van der Waals surface area contributed by atoms with Gasteiger partial charge in [0, 0.05) is 0 Å². The summed E-state index contributed by atoms with van der Waals surface area (Å²) in [4.78, 5) is 31.9. The van der Waals surface area contributed by atoms with Crippen LogP contribution in [0.25, 0.3) is 6.08 Å². The van der Waals surface area contributed by atoms with Gasteiger partial charge in [-0.1, -0.05) is 71.0 Å². The number of hydrogen-bond acceptors (Lipinski definition) is 9. The van der Waals surface area contributed by atoms with E-state index in [9.17, 15) is 18.0 Å². The number of allylic oxidation sites excluding steroid dienone is 1. The minimum Gasteiger partial charge on any atom is -0.490 e. The van der Waals surface area contributed by atoms with Gasteiger partial charge < -0.3 is 13.7 Å². The van der Waals surface area contributed by atoms with Crippen molar-refractivity contribution >= 4 is 45.1 Å². The van der Waals surface area contributed by atoms with Crippen LogP contribution in [-0.4, -0.2) is 32.2 Å². The van der Waals surface area contributed by atoms with Crippen LogP contribution in [0.3, 0.4) is 0 Å². The van der Waals surface area contributed by atoms with Crippen molar-refractivity contribution in [3.05, 3.63) is 119 Å². The number of benzene rings is 3.